The molecule has 2 N–H and O–H groups in total. The second-order valence-electron chi connectivity index (χ2n) is 3.89. The normalized spacial score (nSPS) is 10.2. The Labute approximate surface area is 101 Å². The molecule has 0 aromatic carbocycles. The van der Waals surface area contributed by atoms with E-state index in [-0.39, 0.29) is 0 Å². The molecule has 2 rings (SSSR count). The zero-order valence-corrected chi connectivity index (χ0v) is 9.87. The number of anilines is 1. The van der Waals surface area contributed by atoms with Crippen LogP contribution < -0.4 is 10.6 Å². The predicted octanol–water partition coefficient (Wildman–Crippen LogP) is 1.57. The molecule has 0 saturated carbocycles. The Morgan fingerprint density at radius 2 is 2.06 bits per heavy atom. The third-order valence-electron chi connectivity index (χ3n) is 2.61. The standard InChI is InChI=1S/C13H16N4/c1-17(10-11-4-2-6-15-9-11)13-5-3-7-16-12(13)8-14/h2-7,9H,8,10,14H2,1H3. The Kier molecular flexibility index (Phi) is 3.67. The highest BCUT2D eigenvalue weighted by Crippen LogP contribution is 2.18. The molecule has 0 saturated heterocycles. The average Bonchev–Trinajstić information content (AvgIpc) is 2.40. The van der Waals surface area contributed by atoms with Crippen molar-refractivity contribution in [3.8, 4) is 0 Å². The minimum absolute atomic E-state index is 0.452. The molecule has 2 aromatic heterocycles. The van der Waals surface area contributed by atoms with Crippen LogP contribution in [-0.4, -0.2) is 17.0 Å². The summed E-state index contributed by atoms with van der Waals surface area (Å²) in [7, 11) is 2.03. The second-order valence-corrected chi connectivity index (χ2v) is 3.89. The van der Waals surface area contributed by atoms with Crippen LogP contribution in [0.3, 0.4) is 0 Å². The van der Waals surface area contributed by atoms with E-state index in [1.165, 1.54) is 5.56 Å². The van der Waals surface area contributed by atoms with E-state index >= 15 is 0 Å². The third kappa shape index (κ3) is 2.79. The summed E-state index contributed by atoms with van der Waals surface area (Å²) in [6.07, 6.45) is 5.41. The van der Waals surface area contributed by atoms with Crippen LogP contribution in [0.1, 0.15) is 11.3 Å². The van der Waals surface area contributed by atoms with Crippen LogP contribution in [0.2, 0.25) is 0 Å². The minimum atomic E-state index is 0.452. The van der Waals surface area contributed by atoms with E-state index in [0.717, 1.165) is 17.9 Å². The first-order chi connectivity index (χ1) is 8.31. The molecule has 0 fully saturated rings. The fraction of sp³-hybridized carbons (Fsp3) is 0.231. The van der Waals surface area contributed by atoms with Crippen LogP contribution in [0.15, 0.2) is 42.9 Å². The largest absolute Gasteiger partial charge is 0.369 e. The number of rotatable bonds is 4. The van der Waals surface area contributed by atoms with Crippen LogP contribution >= 0.6 is 0 Å². The highest BCUT2D eigenvalue weighted by atomic mass is 15.1. The van der Waals surface area contributed by atoms with Crippen molar-refractivity contribution in [3.63, 3.8) is 0 Å². The first kappa shape index (κ1) is 11.5. The van der Waals surface area contributed by atoms with E-state index in [1.807, 2.05) is 31.4 Å². The SMILES string of the molecule is CN(Cc1cccnc1)c1cccnc1CN. The molecule has 2 aromatic rings. The molecule has 0 aliphatic heterocycles. The molecule has 0 aliphatic rings. The average molecular weight is 228 g/mol. The summed E-state index contributed by atoms with van der Waals surface area (Å²) in [6.45, 7) is 1.25. The van der Waals surface area contributed by atoms with E-state index < -0.39 is 0 Å². The Hall–Kier alpha value is -1.94. The predicted molar refractivity (Wildman–Crippen MR) is 68.5 cm³/mol. The lowest BCUT2D eigenvalue weighted by molar-refractivity contribution is 0.879. The van der Waals surface area contributed by atoms with Crippen molar-refractivity contribution in [2.24, 2.45) is 5.73 Å². The van der Waals surface area contributed by atoms with Gasteiger partial charge in [0.05, 0.1) is 11.4 Å². The maximum Gasteiger partial charge on any atom is 0.0772 e. The van der Waals surface area contributed by atoms with Gasteiger partial charge in [0.25, 0.3) is 0 Å². The maximum absolute atomic E-state index is 5.68. The molecule has 0 bridgehead atoms. The van der Waals surface area contributed by atoms with Gasteiger partial charge in [0.15, 0.2) is 0 Å². The van der Waals surface area contributed by atoms with Crippen LogP contribution in [0, 0.1) is 0 Å². The summed E-state index contributed by atoms with van der Waals surface area (Å²) in [6, 6.07) is 7.96. The highest BCUT2D eigenvalue weighted by molar-refractivity contribution is 5.50. The molecule has 0 aliphatic carbocycles. The van der Waals surface area contributed by atoms with Crippen molar-refractivity contribution < 1.29 is 0 Å². The van der Waals surface area contributed by atoms with Gasteiger partial charge in [0, 0.05) is 38.7 Å². The zero-order valence-electron chi connectivity index (χ0n) is 9.87. The van der Waals surface area contributed by atoms with Crippen molar-refractivity contribution in [3.05, 3.63) is 54.1 Å². The zero-order chi connectivity index (χ0) is 12.1. The molecular weight excluding hydrogens is 212 g/mol. The monoisotopic (exact) mass is 228 g/mol. The third-order valence-corrected chi connectivity index (χ3v) is 2.61. The van der Waals surface area contributed by atoms with Crippen molar-refractivity contribution in [1.82, 2.24) is 9.97 Å². The van der Waals surface area contributed by atoms with Crippen molar-refractivity contribution >= 4 is 5.69 Å². The lowest BCUT2D eigenvalue weighted by Crippen LogP contribution is -2.19. The molecule has 17 heavy (non-hydrogen) atoms. The van der Waals surface area contributed by atoms with Gasteiger partial charge >= 0.3 is 0 Å². The first-order valence-corrected chi connectivity index (χ1v) is 5.55. The number of nitrogens with zero attached hydrogens (tertiary/aromatic N) is 3. The van der Waals surface area contributed by atoms with Crippen LogP contribution in [0.4, 0.5) is 5.69 Å². The lowest BCUT2D eigenvalue weighted by atomic mass is 10.2. The molecule has 0 unspecified atom stereocenters. The van der Waals surface area contributed by atoms with E-state index in [2.05, 4.69) is 20.9 Å². The molecule has 0 atom stereocenters. The van der Waals surface area contributed by atoms with Gasteiger partial charge in [-0.3, -0.25) is 9.97 Å². The molecule has 0 spiro atoms. The second kappa shape index (κ2) is 5.41. The van der Waals surface area contributed by atoms with Gasteiger partial charge in [-0.2, -0.15) is 0 Å². The summed E-state index contributed by atoms with van der Waals surface area (Å²) >= 11 is 0. The van der Waals surface area contributed by atoms with Crippen molar-refractivity contribution in [1.29, 1.82) is 0 Å². The molecular formula is C13H16N4. The number of hydrogen-bond donors (Lipinski definition) is 1. The molecule has 0 amide bonds. The van der Waals surface area contributed by atoms with Gasteiger partial charge in [0.2, 0.25) is 0 Å². The van der Waals surface area contributed by atoms with Crippen molar-refractivity contribution in [2.75, 3.05) is 11.9 Å². The molecule has 0 radical (unpaired) electrons. The Bertz CT molecular complexity index is 470. The Morgan fingerprint density at radius 3 is 2.76 bits per heavy atom. The number of nitrogens with two attached hydrogens (primary N) is 1. The Balaban J connectivity index is 2.17. The van der Waals surface area contributed by atoms with Crippen LogP contribution in [0.5, 0.6) is 0 Å². The van der Waals surface area contributed by atoms with Gasteiger partial charge in [-0.15, -0.1) is 0 Å². The summed E-state index contributed by atoms with van der Waals surface area (Å²) in [4.78, 5) is 10.5. The van der Waals surface area contributed by atoms with E-state index in [4.69, 9.17) is 5.73 Å². The van der Waals surface area contributed by atoms with Gasteiger partial charge in [-0.1, -0.05) is 6.07 Å². The summed E-state index contributed by atoms with van der Waals surface area (Å²) < 4.78 is 0. The van der Waals surface area contributed by atoms with Gasteiger partial charge in [0.1, 0.15) is 0 Å². The van der Waals surface area contributed by atoms with Gasteiger partial charge in [-0.05, 0) is 23.8 Å². The van der Waals surface area contributed by atoms with Gasteiger partial charge in [-0.25, -0.2) is 0 Å². The molecule has 88 valence electrons. The summed E-state index contributed by atoms with van der Waals surface area (Å²) in [5, 5.41) is 0. The van der Waals surface area contributed by atoms with E-state index in [9.17, 15) is 0 Å². The first-order valence-electron chi connectivity index (χ1n) is 5.55. The van der Waals surface area contributed by atoms with E-state index in [0.29, 0.717) is 6.54 Å². The smallest absolute Gasteiger partial charge is 0.0772 e. The highest BCUT2D eigenvalue weighted by Gasteiger charge is 2.07. The fourth-order valence-electron chi connectivity index (χ4n) is 1.79. The minimum Gasteiger partial charge on any atom is -0.369 e. The van der Waals surface area contributed by atoms with Crippen LogP contribution in [0.25, 0.3) is 0 Å². The van der Waals surface area contributed by atoms with Gasteiger partial charge < -0.3 is 10.6 Å². The Morgan fingerprint density at radius 1 is 1.24 bits per heavy atom. The summed E-state index contributed by atoms with van der Waals surface area (Å²) in [5.41, 5.74) is 8.83. The number of pyridine rings is 2. The topological polar surface area (TPSA) is 55.0 Å². The van der Waals surface area contributed by atoms with E-state index in [1.54, 1.807) is 12.4 Å². The number of aromatic nitrogens is 2. The van der Waals surface area contributed by atoms with Crippen LogP contribution in [-0.2, 0) is 13.1 Å². The fourth-order valence-corrected chi connectivity index (χ4v) is 1.79. The molecule has 4 heteroatoms. The maximum atomic E-state index is 5.68. The summed E-state index contributed by atoms with van der Waals surface area (Å²) in [5.74, 6) is 0. The number of hydrogen-bond acceptors (Lipinski definition) is 4. The molecule has 4 nitrogen and oxygen atoms in total. The lowest BCUT2D eigenvalue weighted by Gasteiger charge is -2.21. The molecule has 2 heterocycles. The quantitative estimate of drug-likeness (QED) is 0.863. The van der Waals surface area contributed by atoms with Crippen molar-refractivity contribution in [2.45, 2.75) is 13.1 Å².